The first-order chi connectivity index (χ1) is 29.0. The molecule has 8 aromatic carbocycles. The SMILES string of the molecule is CC1(C)c2ccccc2-c2ccc(N(c3ccccc3)c3ccc(-c4cccc(-c5ccc6c(c5)c5ccccc5n6C5C=CC(c6ccccc6)=CC5)c4)cc3)cc21. The molecule has 0 saturated heterocycles. The molecule has 1 aromatic heterocycles. The Morgan fingerprint density at radius 3 is 1.86 bits per heavy atom. The van der Waals surface area contributed by atoms with Crippen molar-refractivity contribution in [1.29, 1.82) is 0 Å². The second-order valence-corrected chi connectivity index (χ2v) is 16.5. The van der Waals surface area contributed by atoms with Gasteiger partial charge in [-0.25, -0.2) is 0 Å². The zero-order valence-electron chi connectivity index (χ0n) is 33.4. The molecule has 0 fully saturated rings. The van der Waals surface area contributed by atoms with Gasteiger partial charge < -0.3 is 9.47 Å². The van der Waals surface area contributed by atoms with Crippen LogP contribution in [0.1, 0.15) is 43.0 Å². The molecule has 0 spiro atoms. The molecule has 9 aromatic rings. The Morgan fingerprint density at radius 2 is 1.07 bits per heavy atom. The summed E-state index contributed by atoms with van der Waals surface area (Å²) in [5, 5.41) is 2.58. The van der Waals surface area contributed by atoms with Gasteiger partial charge in [0.05, 0.1) is 6.04 Å². The molecule has 2 aliphatic rings. The standard InChI is InChI=1S/C57H44N2/c1-57(2)53-22-11-9-20-49(53)50-34-33-48(38-54(50)57)58(45-18-7-4-8-19-45)46-29-26-41(27-30-46)42-16-13-17-43(36-42)44-28-35-56-52(37-44)51-21-10-12-23-55(51)59(56)47-31-24-40(25-32-47)39-14-5-3-6-15-39/h3-31,33-38,47H,32H2,1-2H3. The second-order valence-electron chi connectivity index (χ2n) is 16.5. The van der Waals surface area contributed by atoms with Gasteiger partial charge in [0.15, 0.2) is 0 Å². The Morgan fingerprint density at radius 1 is 0.458 bits per heavy atom. The zero-order valence-corrected chi connectivity index (χ0v) is 33.4. The molecule has 11 rings (SSSR count). The lowest BCUT2D eigenvalue weighted by atomic mass is 9.82. The molecule has 0 bridgehead atoms. The lowest BCUT2D eigenvalue weighted by molar-refractivity contribution is 0.649. The highest BCUT2D eigenvalue weighted by molar-refractivity contribution is 6.09. The molecule has 0 N–H and O–H groups in total. The first-order valence-electron chi connectivity index (χ1n) is 20.8. The molecule has 2 heteroatoms. The van der Waals surface area contributed by atoms with E-state index in [-0.39, 0.29) is 11.5 Å². The van der Waals surface area contributed by atoms with Crippen molar-refractivity contribution in [2.45, 2.75) is 31.7 Å². The van der Waals surface area contributed by atoms with E-state index in [0.29, 0.717) is 0 Å². The number of hydrogen-bond donors (Lipinski definition) is 0. The Bertz CT molecular complexity index is 3090. The van der Waals surface area contributed by atoms with E-state index in [1.807, 2.05) is 0 Å². The summed E-state index contributed by atoms with van der Waals surface area (Å²) in [6, 6.07) is 71.5. The molecule has 0 radical (unpaired) electrons. The number of benzene rings is 8. The van der Waals surface area contributed by atoms with Crippen molar-refractivity contribution < 1.29 is 0 Å². The van der Waals surface area contributed by atoms with Gasteiger partial charge in [0.1, 0.15) is 0 Å². The van der Waals surface area contributed by atoms with Crippen molar-refractivity contribution in [3.63, 3.8) is 0 Å². The summed E-state index contributed by atoms with van der Waals surface area (Å²) in [5.41, 5.74) is 18.7. The predicted molar refractivity (Wildman–Crippen MR) is 250 cm³/mol. The fraction of sp³-hybridized carbons (Fsp3) is 0.0877. The van der Waals surface area contributed by atoms with E-state index >= 15 is 0 Å². The normalized spacial score (nSPS) is 15.2. The minimum atomic E-state index is -0.0711. The summed E-state index contributed by atoms with van der Waals surface area (Å²) in [5.74, 6) is 0. The number of anilines is 3. The third-order valence-electron chi connectivity index (χ3n) is 12.7. The highest BCUT2D eigenvalue weighted by atomic mass is 15.1. The molecule has 0 amide bonds. The Kier molecular flexibility index (Phi) is 8.34. The maximum absolute atomic E-state index is 2.53. The summed E-state index contributed by atoms with van der Waals surface area (Å²) in [6.07, 6.45) is 8.02. The maximum atomic E-state index is 2.53. The van der Waals surface area contributed by atoms with Gasteiger partial charge in [0.25, 0.3) is 0 Å². The topological polar surface area (TPSA) is 8.17 Å². The van der Waals surface area contributed by atoms with Crippen LogP contribution in [-0.2, 0) is 5.41 Å². The summed E-state index contributed by atoms with van der Waals surface area (Å²) in [4.78, 5) is 2.38. The van der Waals surface area contributed by atoms with Crippen molar-refractivity contribution in [1.82, 2.24) is 4.57 Å². The van der Waals surface area contributed by atoms with Crippen molar-refractivity contribution in [2.24, 2.45) is 0 Å². The van der Waals surface area contributed by atoms with Crippen LogP contribution in [0.3, 0.4) is 0 Å². The molecule has 2 aliphatic carbocycles. The first kappa shape index (κ1) is 35.0. The highest BCUT2D eigenvalue weighted by Gasteiger charge is 2.35. The van der Waals surface area contributed by atoms with Crippen molar-refractivity contribution in [3.05, 3.63) is 229 Å². The van der Waals surface area contributed by atoms with Crippen LogP contribution in [0.4, 0.5) is 17.1 Å². The zero-order chi connectivity index (χ0) is 39.5. The number of aromatic nitrogens is 1. The van der Waals surface area contributed by atoms with Gasteiger partial charge in [0, 0.05) is 44.3 Å². The van der Waals surface area contributed by atoms with Gasteiger partial charge in [-0.2, -0.15) is 0 Å². The van der Waals surface area contributed by atoms with Crippen molar-refractivity contribution in [2.75, 3.05) is 4.90 Å². The third-order valence-corrected chi connectivity index (χ3v) is 12.7. The number of nitrogens with zero attached hydrogens (tertiary/aromatic N) is 2. The maximum Gasteiger partial charge on any atom is 0.0560 e. The molecule has 2 nitrogen and oxygen atoms in total. The number of para-hydroxylation sites is 2. The van der Waals surface area contributed by atoms with Gasteiger partial charge in [0.2, 0.25) is 0 Å². The lowest BCUT2D eigenvalue weighted by Crippen LogP contribution is -2.16. The monoisotopic (exact) mass is 756 g/mol. The number of rotatable bonds is 7. The summed E-state index contributed by atoms with van der Waals surface area (Å²) in [7, 11) is 0. The largest absolute Gasteiger partial charge is 0.333 e. The fourth-order valence-corrected chi connectivity index (χ4v) is 9.72. The van der Waals surface area contributed by atoms with E-state index < -0.39 is 0 Å². The van der Waals surface area contributed by atoms with Gasteiger partial charge >= 0.3 is 0 Å². The van der Waals surface area contributed by atoms with Crippen molar-refractivity contribution in [3.8, 4) is 33.4 Å². The Labute approximate surface area is 346 Å². The quantitative estimate of drug-likeness (QED) is 0.157. The van der Waals surface area contributed by atoms with E-state index in [0.717, 1.165) is 23.5 Å². The average molecular weight is 757 g/mol. The highest BCUT2D eigenvalue weighted by Crippen LogP contribution is 2.50. The second kappa shape index (κ2) is 14.0. The van der Waals surface area contributed by atoms with Crippen LogP contribution in [-0.4, -0.2) is 4.57 Å². The number of fused-ring (bicyclic) bond motifs is 6. The van der Waals surface area contributed by atoms with Crippen LogP contribution in [0.5, 0.6) is 0 Å². The van der Waals surface area contributed by atoms with Gasteiger partial charge in [-0.1, -0.05) is 166 Å². The van der Waals surface area contributed by atoms with Crippen molar-refractivity contribution >= 4 is 44.4 Å². The first-order valence-corrected chi connectivity index (χ1v) is 20.8. The van der Waals surface area contributed by atoms with Crippen LogP contribution in [0.15, 0.2) is 212 Å². The van der Waals surface area contributed by atoms with E-state index in [1.165, 1.54) is 77.5 Å². The Hall–Kier alpha value is -7.16. The Balaban J connectivity index is 0.915. The van der Waals surface area contributed by atoms with Crippen LogP contribution in [0, 0.1) is 0 Å². The minimum Gasteiger partial charge on any atom is -0.333 e. The van der Waals surface area contributed by atoms with E-state index in [9.17, 15) is 0 Å². The molecule has 0 saturated carbocycles. The summed E-state index contributed by atoms with van der Waals surface area (Å²) in [6.45, 7) is 4.70. The summed E-state index contributed by atoms with van der Waals surface area (Å²) < 4.78 is 2.53. The minimum absolute atomic E-state index is 0.0711. The molecule has 0 aliphatic heterocycles. The summed E-state index contributed by atoms with van der Waals surface area (Å²) >= 11 is 0. The van der Waals surface area contributed by atoms with Gasteiger partial charge in [-0.3, -0.25) is 0 Å². The molecule has 282 valence electrons. The van der Waals surface area contributed by atoms with Crippen LogP contribution >= 0.6 is 0 Å². The van der Waals surface area contributed by atoms with E-state index in [4.69, 9.17) is 0 Å². The number of hydrogen-bond acceptors (Lipinski definition) is 1. The molecule has 1 unspecified atom stereocenters. The van der Waals surface area contributed by atoms with E-state index in [2.05, 4.69) is 236 Å². The fourth-order valence-electron chi connectivity index (χ4n) is 9.72. The smallest absolute Gasteiger partial charge is 0.0560 e. The van der Waals surface area contributed by atoms with Gasteiger partial charge in [-0.05, 0) is 123 Å². The number of allylic oxidation sites excluding steroid dienone is 4. The molecule has 1 heterocycles. The third kappa shape index (κ3) is 5.94. The van der Waals surface area contributed by atoms with Crippen LogP contribution in [0.2, 0.25) is 0 Å². The molecule has 59 heavy (non-hydrogen) atoms. The predicted octanol–water partition coefficient (Wildman–Crippen LogP) is 15.5. The van der Waals surface area contributed by atoms with Gasteiger partial charge in [-0.15, -0.1) is 0 Å². The van der Waals surface area contributed by atoms with Crippen LogP contribution in [0.25, 0.3) is 60.8 Å². The molecular formula is C57H44N2. The average Bonchev–Trinajstić information content (AvgIpc) is 3.75. The lowest BCUT2D eigenvalue weighted by Gasteiger charge is -2.28. The van der Waals surface area contributed by atoms with E-state index in [1.54, 1.807) is 0 Å². The van der Waals surface area contributed by atoms with Crippen LogP contribution < -0.4 is 4.90 Å². The molecular weight excluding hydrogens is 713 g/mol. The molecule has 1 atom stereocenters.